The number of hydrogen-bond acceptors (Lipinski definition) is 9. The van der Waals surface area contributed by atoms with Crippen molar-refractivity contribution in [2.75, 3.05) is 53.6 Å². The number of ether oxygens (including phenoxy) is 4. The number of fused-ring (bicyclic) bond motifs is 5. The Labute approximate surface area is 491 Å². The number of nitrogens with zero attached hydrogens (tertiary/aromatic N) is 3. The molecule has 4 aliphatic carbocycles. The molecular weight excluding hydrogens is 1030 g/mol. The molecule has 1 amide bonds. The molecule has 0 bridgehead atoms. The molecule has 446 valence electrons. The molecule has 1 heterocycles. The van der Waals surface area contributed by atoms with Crippen molar-refractivity contribution < 1.29 is 32.8 Å². The molecule has 4 unspecified atom stereocenters. The molecule has 0 spiro atoms. The molecule has 1 N–H and O–H groups in total. The maximum absolute atomic E-state index is 13.4. The molecule has 1 aliphatic heterocycles. The molecule has 3 aromatic carbocycles. The van der Waals surface area contributed by atoms with E-state index in [1.165, 1.54) is 51.4 Å². The zero-order valence-corrected chi connectivity index (χ0v) is 52.5. The average Bonchev–Trinajstić information content (AvgIpc) is 4.08. The first-order chi connectivity index (χ1) is 39.0. The molecule has 12 heteroatoms. The summed E-state index contributed by atoms with van der Waals surface area (Å²) in [5, 5.41) is 3.14. The molecule has 0 radical (unpaired) electrons. The first-order valence-corrected chi connectivity index (χ1v) is 32.7. The van der Waals surface area contributed by atoms with Crippen LogP contribution in [0.5, 0.6) is 11.5 Å². The largest absolute Gasteiger partial charge is 0.497 e. The second-order valence-electron chi connectivity index (χ2n) is 26.3. The van der Waals surface area contributed by atoms with Crippen LogP contribution >= 0.6 is 8.53 Å². The second-order valence-corrected chi connectivity index (χ2v) is 27.8. The predicted molar refractivity (Wildman–Crippen MR) is 329 cm³/mol. The molecule has 4 fully saturated rings. The first kappa shape index (κ1) is 63.0. The van der Waals surface area contributed by atoms with E-state index in [0.29, 0.717) is 31.7 Å². The molecule has 3 aromatic rings. The fraction of sp³-hybridized carbons (Fsp3) is 0.681. The Morgan fingerprint density at radius 1 is 0.790 bits per heavy atom. The lowest BCUT2D eigenvalue weighted by Gasteiger charge is -2.58. The van der Waals surface area contributed by atoms with Crippen molar-refractivity contribution in [3.8, 4) is 11.5 Å². The maximum Gasteiger partial charge on any atom is 0.407 e. The third-order valence-electron chi connectivity index (χ3n) is 20.2. The number of carbonyl (C=O) groups is 1. The van der Waals surface area contributed by atoms with Crippen LogP contribution in [0.1, 0.15) is 182 Å². The monoisotopic (exact) mass is 1130 g/mol. The fourth-order valence-corrected chi connectivity index (χ4v) is 17.8. The van der Waals surface area contributed by atoms with Crippen LogP contribution in [0, 0.1) is 52.9 Å². The molecule has 3 saturated carbocycles. The number of hydrogen-bond donors (Lipinski definition) is 1. The lowest BCUT2D eigenvalue weighted by molar-refractivity contribution is -0.0581. The van der Waals surface area contributed by atoms with Gasteiger partial charge in [-0.3, -0.25) is 4.90 Å². The highest BCUT2D eigenvalue weighted by atomic mass is 31.2. The normalized spacial score (nSPS) is 27.3. The predicted octanol–water partition coefficient (Wildman–Crippen LogP) is 16.4. The smallest absolute Gasteiger partial charge is 0.407 e. The van der Waals surface area contributed by atoms with Crippen molar-refractivity contribution >= 4 is 14.6 Å². The highest BCUT2D eigenvalue weighted by Crippen LogP contribution is 2.67. The minimum atomic E-state index is -1.42. The van der Waals surface area contributed by atoms with E-state index in [0.717, 1.165) is 128 Å². The van der Waals surface area contributed by atoms with Gasteiger partial charge >= 0.3 is 6.09 Å². The number of nitrogens with one attached hydrogen (secondary N) is 1. The van der Waals surface area contributed by atoms with E-state index in [1.54, 1.807) is 19.8 Å². The Morgan fingerprint density at radius 2 is 1.46 bits per heavy atom. The van der Waals surface area contributed by atoms with Crippen molar-refractivity contribution in [2.24, 2.45) is 46.3 Å². The molecular formula is C69H103N4O7P. The third kappa shape index (κ3) is 14.9. The van der Waals surface area contributed by atoms with Gasteiger partial charge in [0.2, 0.25) is 6.54 Å². The maximum atomic E-state index is 13.4. The summed E-state index contributed by atoms with van der Waals surface area (Å²) in [5.74, 6) is 6.48. The van der Waals surface area contributed by atoms with Gasteiger partial charge in [0, 0.05) is 37.6 Å². The van der Waals surface area contributed by atoms with E-state index in [2.05, 4.69) is 137 Å². The lowest BCUT2D eigenvalue weighted by atomic mass is 9.47. The quantitative estimate of drug-likeness (QED) is 0.0240. The summed E-state index contributed by atoms with van der Waals surface area (Å²) in [4.78, 5) is 19.5. The molecule has 0 aromatic heterocycles. The van der Waals surface area contributed by atoms with E-state index in [-0.39, 0.29) is 41.8 Å². The van der Waals surface area contributed by atoms with Crippen LogP contribution in [0.15, 0.2) is 90.5 Å². The summed E-state index contributed by atoms with van der Waals surface area (Å²) in [7, 11) is 1.97. The number of allylic oxidation sites excluding steroid dienone is 1. The zero-order chi connectivity index (χ0) is 57.7. The van der Waals surface area contributed by atoms with Gasteiger partial charge in [0.25, 0.3) is 8.53 Å². The third-order valence-corrected chi connectivity index (χ3v) is 22.4. The molecule has 11 nitrogen and oxygen atoms in total. The average molecular weight is 1130 g/mol. The van der Waals surface area contributed by atoms with Crippen LogP contribution in [0.3, 0.4) is 0 Å². The molecule has 1 saturated heterocycles. The van der Waals surface area contributed by atoms with Gasteiger partial charge in [-0.05, 0) is 186 Å². The summed E-state index contributed by atoms with van der Waals surface area (Å²) in [6, 6.07) is 27.4. The van der Waals surface area contributed by atoms with Gasteiger partial charge in [0.05, 0.1) is 26.9 Å². The van der Waals surface area contributed by atoms with Gasteiger partial charge in [0.15, 0.2) is 0 Å². The zero-order valence-electron chi connectivity index (χ0n) is 51.6. The SMILES string of the molecule is [C-]#[N+]CCOP(O[C@@H]1C[C@H](COC(c2ccccc2)(c2ccc(OC)cc2)c2ccc(OC)cc2)N(CCCCCCNC(=O)O[C@H]2CC[C@@]3(C)C(=CCC4C3CC[C@@]3(C)C4CC[C@@H]3[C@H](C)CCCC(C)C)C2)C1)N(C(C)C)C(C)C. The summed E-state index contributed by atoms with van der Waals surface area (Å²) >= 11 is 0. The van der Waals surface area contributed by atoms with Crippen molar-refractivity contribution in [3.63, 3.8) is 0 Å². The Kier molecular flexibility index (Phi) is 22.7. The van der Waals surface area contributed by atoms with Crippen LogP contribution in [0.2, 0.25) is 0 Å². The van der Waals surface area contributed by atoms with Crippen LogP contribution in [0.4, 0.5) is 4.79 Å². The van der Waals surface area contributed by atoms with Crippen LogP contribution in [0.25, 0.3) is 4.85 Å². The number of amides is 1. The molecule has 8 rings (SSSR count). The van der Waals surface area contributed by atoms with Crippen LogP contribution < -0.4 is 14.8 Å². The van der Waals surface area contributed by atoms with Crippen molar-refractivity contribution in [2.45, 2.75) is 201 Å². The minimum Gasteiger partial charge on any atom is -0.497 e. The van der Waals surface area contributed by atoms with E-state index >= 15 is 0 Å². The van der Waals surface area contributed by atoms with Crippen molar-refractivity contribution in [3.05, 3.63) is 119 Å². The van der Waals surface area contributed by atoms with E-state index in [1.807, 2.05) is 30.3 Å². The number of likely N-dealkylation sites (tertiary alicyclic amines) is 1. The van der Waals surface area contributed by atoms with Gasteiger partial charge < -0.3 is 38.2 Å². The van der Waals surface area contributed by atoms with Crippen molar-refractivity contribution in [1.82, 2.24) is 14.9 Å². The van der Waals surface area contributed by atoms with Gasteiger partial charge in [-0.1, -0.05) is 133 Å². The summed E-state index contributed by atoms with van der Waals surface area (Å²) in [6.07, 6.45) is 20.8. The number of alkyl carbamates (subject to hydrolysis) is 1. The number of unbranched alkanes of at least 4 members (excludes halogenated alkanes) is 3. The standard InChI is InChI=1S/C69H103N4O7P/c1-49(2)21-20-22-52(7)63-35-36-64-62-34-29-56-45-60(37-39-67(56,8)65(62)38-40-68(63,64)9)79-66(74)71-41-18-13-14-19-43-72-47-61(80-81(78-44-42-70-10)73(50(3)4)51(5)6)46-57(72)48-77-69(53-23-16-15-17-24-53,54-25-30-58(75-11)31-26-54)55-27-32-59(76-12)33-28-55/h15-17,23-33,49-52,57,60-65H,13-14,18-22,34-48H2,1-9,11-12H3,(H,71,74)/t52-,57-,60+,61-,62?,63-,64?,65?,67+,68-,81?/m1/s1. The fourth-order valence-electron chi connectivity index (χ4n) is 16.1. The first-order valence-electron chi connectivity index (χ1n) is 31.6. The summed E-state index contributed by atoms with van der Waals surface area (Å²) < 4.78 is 40.8. The number of rotatable bonds is 29. The Hall–Kier alpha value is -4.01. The molecule has 11 atom stereocenters. The van der Waals surface area contributed by atoms with E-state index < -0.39 is 14.1 Å². The summed E-state index contributed by atoms with van der Waals surface area (Å²) in [6.45, 7) is 32.1. The highest BCUT2D eigenvalue weighted by molar-refractivity contribution is 7.44. The minimum absolute atomic E-state index is 0.0478. The Morgan fingerprint density at radius 3 is 2.10 bits per heavy atom. The second kappa shape index (κ2) is 29.2. The van der Waals surface area contributed by atoms with E-state index in [9.17, 15) is 4.79 Å². The van der Waals surface area contributed by atoms with Gasteiger partial charge in [-0.2, -0.15) is 0 Å². The van der Waals surface area contributed by atoms with E-state index in [4.69, 9.17) is 34.6 Å². The Bertz CT molecular complexity index is 2430. The number of carbonyl (C=O) groups excluding carboxylic acids is 1. The van der Waals surface area contributed by atoms with Gasteiger partial charge in [-0.25, -0.2) is 16.0 Å². The molecule has 5 aliphatic rings. The van der Waals surface area contributed by atoms with Gasteiger partial charge in [0.1, 0.15) is 29.8 Å². The number of benzene rings is 3. The summed E-state index contributed by atoms with van der Waals surface area (Å²) in [5.41, 5.74) is 4.37. The molecule has 81 heavy (non-hydrogen) atoms. The Balaban J connectivity index is 0.871. The van der Waals surface area contributed by atoms with Crippen LogP contribution in [-0.2, 0) is 24.1 Å². The van der Waals surface area contributed by atoms with Gasteiger partial charge in [-0.15, -0.1) is 0 Å². The van der Waals surface area contributed by atoms with Crippen LogP contribution in [-0.4, -0.2) is 99.6 Å². The topological polar surface area (TPSA) is 95.3 Å². The lowest BCUT2D eigenvalue weighted by Crippen LogP contribution is -2.51. The highest BCUT2D eigenvalue weighted by Gasteiger charge is 2.59. The van der Waals surface area contributed by atoms with Crippen molar-refractivity contribution in [1.29, 1.82) is 0 Å². The number of methoxy groups -OCH3 is 2.